The summed E-state index contributed by atoms with van der Waals surface area (Å²) in [6.07, 6.45) is -0.251. The first-order valence-corrected chi connectivity index (χ1v) is 16.3. The summed E-state index contributed by atoms with van der Waals surface area (Å²) in [5, 5.41) is 13.5. The van der Waals surface area contributed by atoms with Crippen molar-refractivity contribution in [3.8, 4) is 5.69 Å². The Bertz CT molecular complexity index is 1630. The van der Waals surface area contributed by atoms with Crippen LogP contribution in [0.1, 0.15) is 24.5 Å². The summed E-state index contributed by atoms with van der Waals surface area (Å²) in [4.78, 5) is 29.0. The maximum atomic E-state index is 15.6. The van der Waals surface area contributed by atoms with Gasteiger partial charge in [0.15, 0.2) is 5.60 Å². The molecule has 0 bridgehead atoms. The second-order valence-corrected chi connectivity index (χ2v) is 15.0. The molecule has 1 aromatic heterocycles. The largest absolute Gasteiger partial charge is 0.396 e. The normalized spacial score (nSPS) is 24.7. The average Bonchev–Trinajstić information content (AvgIpc) is 3.49. The Morgan fingerprint density at radius 1 is 1.05 bits per heavy atom. The monoisotopic (exact) mass is 545 g/mol. The van der Waals surface area contributed by atoms with Crippen molar-refractivity contribution < 1.29 is 18.7 Å². The molecule has 2 aliphatic rings. The van der Waals surface area contributed by atoms with E-state index in [0.717, 1.165) is 22.3 Å². The number of hydrogen-bond donors (Lipinski definition) is 2. The van der Waals surface area contributed by atoms with Crippen LogP contribution in [0.25, 0.3) is 16.6 Å². The van der Waals surface area contributed by atoms with Crippen molar-refractivity contribution in [3.63, 3.8) is 0 Å². The van der Waals surface area contributed by atoms with E-state index in [1.165, 1.54) is 4.68 Å². The Morgan fingerprint density at radius 2 is 1.79 bits per heavy atom. The van der Waals surface area contributed by atoms with E-state index in [1.54, 1.807) is 24.1 Å². The fourth-order valence-corrected chi connectivity index (χ4v) is 9.32. The molecule has 1 amide bonds. The molecular weight excluding hydrogens is 513 g/mol. The maximum absolute atomic E-state index is 15.6. The topological polar surface area (TPSA) is 87.6 Å². The van der Waals surface area contributed by atoms with E-state index < -0.39 is 31.6 Å². The first kappa shape index (κ1) is 25.7. The van der Waals surface area contributed by atoms with Crippen LogP contribution >= 0.6 is 0 Å². The highest BCUT2D eigenvalue weighted by Gasteiger charge is 2.66. The fourth-order valence-electron chi connectivity index (χ4n) is 6.77. The Balaban J connectivity index is 1.39. The van der Waals surface area contributed by atoms with E-state index in [0.29, 0.717) is 11.1 Å². The number of ether oxygens (including phenoxy) is 1. The number of carbonyl (C=O) groups is 1. The van der Waals surface area contributed by atoms with Gasteiger partial charge < -0.3 is 18.9 Å². The van der Waals surface area contributed by atoms with Crippen molar-refractivity contribution in [3.05, 3.63) is 94.3 Å². The molecule has 1 spiro atoms. The lowest BCUT2D eigenvalue weighted by atomic mass is 9.82. The van der Waals surface area contributed by atoms with Crippen molar-refractivity contribution in [2.75, 3.05) is 11.5 Å². The number of amides is 1. The van der Waals surface area contributed by atoms with Gasteiger partial charge in [0.05, 0.1) is 34.9 Å². The number of aliphatic hydroxyl groups excluding tert-OH is 1. The van der Waals surface area contributed by atoms with Gasteiger partial charge in [-0.3, -0.25) is 14.7 Å². The third-order valence-electron chi connectivity index (χ3n) is 8.38. The maximum Gasteiger partial charge on any atom is 0.279 e. The molecule has 3 aromatic carbocycles. The van der Waals surface area contributed by atoms with Gasteiger partial charge in [-0.05, 0) is 55.4 Å². The van der Waals surface area contributed by atoms with Gasteiger partial charge in [0.2, 0.25) is 8.41 Å². The van der Waals surface area contributed by atoms with Crippen molar-refractivity contribution in [1.82, 2.24) is 9.78 Å². The van der Waals surface area contributed by atoms with Gasteiger partial charge in [-0.2, -0.15) is 0 Å². The Hall–Kier alpha value is -3.53. The predicted octanol–water partition coefficient (Wildman–Crippen LogP) is 5.02. The second kappa shape index (κ2) is 9.29. The summed E-state index contributed by atoms with van der Waals surface area (Å²) in [7, 11) is -3.24. The fraction of sp³-hybridized carbons (Fsp3) is 0.333. The summed E-state index contributed by atoms with van der Waals surface area (Å²) >= 11 is 0. The lowest BCUT2D eigenvalue weighted by Gasteiger charge is -2.31. The third-order valence-corrected chi connectivity index (χ3v) is 10.8. The molecule has 0 unspecified atom stereocenters. The zero-order valence-electron chi connectivity index (χ0n) is 22.2. The smallest absolute Gasteiger partial charge is 0.279 e. The number of hydrogen-bond acceptors (Lipinski definition) is 4. The van der Waals surface area contributed by atoms with Gasteiger partial charge in [0.25, 0.3) is 11.5 Å². The molecule has 6 rings (SSSR count). The highest BCUT2D eigenvalue weighted by Crippen LogP contribution is 2.60. The van der Waals surface area contributed by atoms with Crippen LogP contribution in [0.3, 0.4) is 0 Å². The van der Waals surface area contributed by atoms with Crippen LogP contribution in [-0.4, -0.2) is 41.9 Å². The lowest BCUT2D eigenvalue weighted by Crippen LogP contribution is -2.45. The molecule has 4 atom stereocenters. The Kier molecular flexibility index (Phi) is 6.13. The number of benzene rings is 3. The van der Waals surface area contributed by atoms with Crippen LogP contribution in [0.4, 0.5) is 9.80 Å². The number of aromatic nitrogens is 2. The quantitative estimate of drug-likeness (QED) is 0.263. The van der Waals surface area contributed by atoms with Crippen LogP contribution in [0, 0.1) is 5.92 Å². The van der Waals surface area contributed by atoms with Crippen molar-refractivity contribution in [1.29, 1.82) is 0 Å². The number of para-hydroxylation sites is 2. The molecule has 3 heterocycles. The summed E-state index contributed by atoms with van der Waals surface area (Å²) in [5.41, 5.74) is 1.86. The van der Waals surface area contributed by atoms with E-state index in [-0.39, 0.29) is 31.0 Å². The molecule has 39 heavy (non-hydrogen) atoms. The molecule has 7 nitrogen and oxygen atoms in total. The Labute approximate surface area is 227 Å². The number of carbonyl (C=O) groups excluding carboxylic acids is 1. The number of anilines is 1. The van der Waals surface area contributed by atoms with Crippen LogP contribution < -0.4 is 10.5 Å². The third kappa shape index (κ3) is 3.90. The number of halogens is 1. The standard InChI is InChI=1S/C30H32FN3O4Si/c1-19-27(39(2,3)31)26(15-16-35)38-30(19)23-12-5-7-14-25(23)33(29(30)37)18-20-9-8-10-21(17-20)34-28(36)22-11-4-6-13-24(22)32-34/h4-14,17,19,26-27,32,35H,15-16,18H2,1-3H3/t19-,26+,27-,30+/m1/s1. The minimum atomic E-state index is -3.24. The Morgan fingerprint density at radius 3 is 2.54 bits per heavy atom. The lowest BCUT2D eigenvalue weighted by molar-refractivity contribution is -0.146. The van der Waals surface area contributed by atoms with Gasteiger partial charge in [-0.15, -0.1) is 0 Å². The number of aliphatic hydroxyl groups is 1. The predicted molar refractivity (Wildman–Crippen MR) is 151 cm³/mol. The number of rotatable bonds is 6. The minimum absolute atomic E-state index is 0.131. The first-order chi connectivity index (χ1) is 18.7. The van der Waals surface area contributed by atoms with Crippen LogP contribution in [0.2, 0.25) is 18.6 Å². The summed E-state index contributed by atoms with van der Waals surface area (Å²) in [5.74, 6) is -0.608. The molecule has 2 N–H and O–H groups in total. The second-order valence-electron chi connectivity index (χ2n) is 11.2. The molecule has 9 heteroatoms. The molecule has 1 saturated heterocycles. The van der Waals surface area contributed by atoms with Crippen molar-refractivity contribution >= 4 is 30.9 Å². The van der Waals surface area contributed by atoms with Gasteiger partial charge in [0.1, 0.15) is 0 Å². The van der Waals surface area contributed by atoms with E-state index in [9.17, 15) is 14.7 Å². The van der Waals surface area contributed by atoms with Gasteiger partial charge in [-0.25, -0.2) is 4.68 Å². The number of aromatic amines is 1. The zero-order chi connectivity index (χ0) is 27.5. The molecular formula is C30H32FN3O4Si. The van der Waals surface area contributed by atoms with Crippen LogP contribution in [-0.2, 0) is 21.7 Å². The van der Waals surface area contributed by atoms with Crippen molar-refractivity contribution in [2.45, 2.75) is 50.2 Å². The number of fused-ring (bicyclic) bond motifs is 3. The summed E-state index contributed by atoms with van der Waals surface area (Å²) in [6.45, 7) is 5.36. The van der Waals surface area contributed by atoms with Gasteiger partial charge in [-0.1, -0.05) is 49.4 Å². The summed E-state index contributed by atoms with van der Waals surface area (Å²) < 4.78 is 23.7. The van der Waals surface area contributed by atoms with E-state index >= 15 is 4.11 Å². The molecule has 202 valence electrons. The highest BCUT2D eigenvalue weighted by molar-refractivity contribution is 6.72. The van der Waals surface area contributed by atoms with Crippen LogP contribution in [0.5, 0.6) is 0 Å². The summed E-state index contributed by atoms with van der Waals surface area (Å²) in [6, 6.07) is 22.4. The van der Waals surface area contributed by atoms with E-state index in [1.807, 2.05) is 73.7 Å². The molecule has 0 saturated carbocycles. The minimum Gasteiger partial charge on any atom is -0.396 e. The number of nitrogens with zero attached hydrogens (tertiary/aromatic N) is 2. The van der Waals surface area contributed by atoms with Crippen LogP contribution in [0.15, 0.2) is 77.6 Å². The molecule has 1 fully saturated rings. The number of nitrogens with one attached hydrogen (secondary N) is 1. The first-order valence-electron chi connectivity index (χ1n) is 13.3. The average molecular weight is 546 g/mol. The zero-order valence-corrected chi connectivity index (χ0v) is 23.2. The molecule has 4 aromatic rings. The SMILES string of the molecule is C[C@@H]1[C@@H]([Si](C)(C)F)[C@H](CCO)O[C@@]12C(=O)N(Cc1cccc(-n3[nH]c4ccccc4c3=O)c1)c1ccccc12. The van der Waals surface area contributed by atoms with E-state index in [4.69, 9.17) is 4.74 Å². The highest BCUT2D eigenvalue weighted by atomic mass is 28.4. The van der Waals surface area contributed by atoms with Gasteiger partial charge >= 0.3 is 0 Å². The van der Waals surface area contributed by atoms with Gasteiger partial charge in [0, 0.05) is 23.6 Å². The van der Waals surface area contributed by atoms with Crippen molar-refractivity contribution in [2.24, 2.45) is 5.92 Å². The molecule has 0 radical (unpaired) electrons. The molecule has 2 aliphatic heterocycles. The van der Waals surface area contributed by atoms with E-state index in [2.05, 4.69) is 5.10 Å². The number of H-pyrrole nitrogens is 1. The molecule has 0 aliphatic carbocycles.